The van der Waals surface area contributed by atoms with Crippen LogP contribution in [0.4, 0.5) is 0 Å². The van der Waals surface area contributed by atoms with Crippen molar-refractivity contribution in [3.63, 3.8) is 0 Å². The van der Waals surface area contributed by atoms with Crippen molar-refractivity contribution in [3.8, 4) is 5.75 Å². The number of rotatable bonds is 7. The number of carbonyl (C=O) groups is 2. The zero-order valence-corrected chi connectivity index (χ0v) is 13.9. The molecule has 2 aromatic rings. The average Bonchev–Trinajstić information content (AvgIpc) is 2.56. The number of thioether (sulfide) groups is 1. The van der Waals surface area contributed by atoms with E-state index in [2.05, 4.69) is 0 Å². The van der Waals surface area contributed by atoms with Crippen molar-refractivity contribution in [3.05, 3.63) is 59.1 Å². The third-order valence-electron chi connectivity index (χ3n) is 3.15. The number of hydrogen-bond acceptors (Lipinski definition) is 4. The van der Waals surface area contributed by atoms with E-state index in [1.54, 1.807) is 55.6 Å². The summed E-state index contributed by atoms with van der Waals surface area (Å²) in [7, 11) is 1.54. The Morgan fingerprint density at radius 3 is 2.26 bits per heavy atom. The van der Waals surface area contributed by atoms with Crippen LogP contribution >= 0.6 is 23.4 Å². The Morgan fingerprint density at radius 1 is 1.13 bits per heavy atom. The maximum Gasteiger partial charge on any atom is 0.317 e. The molecule has 0 spiro atoms. The minimum atomic E-state index is -1.02. The number of halogens is 1. The fraction of sp³-hybridized carbons (Fsp3) is 0.176. The number of aliphatic carboxylic acids is 1. The zero-order valence-electron chi connectivity index (χ0n) is 12.4. The lowest BCUT2D eigenvalue weighted by atomic mass is 10.1. The van der Waals surface area contributed by atoms with Gasteiger partial charge in [0, 0.05) is 21.9 Å². The number of Topliss-reactive ketones (excluding diaryl/α,β-unsaturated/α-hetero) is 1. The molecule has 6 heteroatoms. The summed E-state index contributed by atoms with van der Waals surface area (Å²) in [5.41, 5.74) is 0.466. The van der Waals surface area contributed by atoms with E-state index >= 15 is 0 Å². The van der Waals surface area contributed by atoms with Gasteiger partial charge in [-0.1, -0.05) is 11.6 Å². The van der Waals surface area contributed by atoms with Gasteiger partial charge in [0.1, 0.15) is 11.0 Å². The number of ether oxygens (including phenoxy) is 1. The number of methoxy groups -OCH3 is 1. The Hall–Kier alpha value is -1.98. The van der Waals surface area contributed by atoms with Crippen molar-refractivity contribution >= 4 is 35.1 Å². The second kappa shape index (κ2) is 8.04. The Balaban J connectivity index is 2.07. The highest BCUT2D eigenvalue weighted by Gasteiger charge is 2.23. The van der Waals surface area contributed by atoms with E-state index in [9.17, 15) is 14.7 Å². The lowest BCUT2D eigenvalue weighted by Crippen LogP contribution is -2.20. The molecule has 2 aromatic carbocycles. The molecule has 0 fully saturated rings. The van der Waals surface area contributed by atoms with Crippen LogP contribution in [0.25, 0.3) is 0 Å². The predicted octanol–water partition coefficient (Wildman–Crippen LogP) is 4.17. The molecule has 1 unspecified atom stereocenters. The van der Waals surface area contributed by atoms with Gasteiger partial charge in [-0.3, -0.25) is 9.59 Å². The van der Waals surface area contributed by atoms with Gasteiger partial charge in [-0.25, -0.2) is 0 Å². The maximum absolute atomic E-state index is 12.3. The third kappa shape index (κ3) is 5.01. The van der Waals surface area contributed by atoms with Crippen LogP contribution in [0.2, 0.25) is 5.02 Å². The van der Waals surface area contributed by atoms with Gasteiger partial charge < -0.3 is 9.84 Å². The minimum absolute atomic E-state index is 0.0883. The molecule has 0 aliphatic carbocycles. The molecule has 120 valence electrons. The summed E-state index contributed by atoms with van der Waals surface area (Å²) < 4.78 is 5.04. The van der Waals surface area contributed by atoms with Crippen LogP contribution in [0.3, 0.4) is 0 Å². The summed E-state index contributed by atoms with van der Waals surface area (Å²) in [6.45, 7) is 0. The fourth-order valence-corrected chi connectivity index (χ4v) is 3.00. The fourth-order valence-electron chi connectivity index (χ4n) is 1.92. The minimum Gasteiger partial charge on any atom is -0.497 e. The number of ketones is 1. The maximum atomic E-state index is 12.3. The second-order valence-electron chi connectivity index (χ2n) is 4.75. The van der Waals surface area contributed by atoms with Crippen LogP contribution in [0, 0.1) is 0 Å². The van der Waals surface area contributed by atoms with Crippen molar-refractivity contribution in [1.82, 2.24) is 0 Å². The van der Waals surface area contributed by atoms with Gasteiger partial charge in [-0.2, -0.15) is 0 Å². The average molecular weight is 351 g/mol. The van der Waals surface area contributed by atoms with Gasteiger partial charge >= 0.3 is 5.97 Å². The number of carboxylic acid groups (broad SMARTS) is 1. The van der Waals surface area contributed by atoms with Crippen molar-refractivity contribution in [2.75, 3.05) is 7.11 Å². The van der Waals surface area contributed by atoms with Gasteiger partial charge in [-0.05, 0) is 48.5 Å². The smallest absolute Gasteiger partial charge is 0.317 e. The van der Waals surface area contributed by atoms with Gasteiger partial charge in [0.15, 0.2) is 5.78 Å². The monoisotopic (exact) mass is 350 g/mol. The largest absolute Gasteiger partial charge is 0.497 e. The van der Waals surface area contributed by atoms with Gasteiger partial charge in [0.05, 0.1) is 7.11 Å². The van der Waals surface area contributed by atoms with Gasteiger partial charge in [-0.15, -0.1) is 11.8 Å². The van der Waals surface area contributed by atoms with E-state index < -0.39 is 11.2 Å². The van der Waals surface area contributed by atoms with Gasteiger partial charge in [0.25, 0.3) is 0 Å². The Labute approximate surface area is 143 Å². The number of carboxylic acids is 1. The highest BCUT2D eigenvalue weighted by molar-refractivity contribution is 8.00. The molecule has 0 saturated carbocycles. The first kappa shape index (κ1) is 17.4. The summed E-state index contributed by atoms with van der Waals surface area (Å²) in [5.74, 6) is -0.597. The molecule has 0 aliphatic rings. The first-order chi connectivity index (χ1) is 11.0. The van der Waals surface area contributed by atoms with Crippen molar-refractivity contribution in [2.45, 2.75) is 16.6 Å². The Bertz CT molecular complexity index is 683. The van der Waals surface area contributed by atoms with E-state index in [1.807, 2.05) is 0 Å². The molecular weight excluding hydrogens is 336 g/mol. The van der Waals surface area contributed by atoms with Crippen molar-refractivity contribution in [2.24, 2.45) is 0 Å². The lowest BCUT2D eigenvalue weighted by molar-refractivity contribution is -0.136. The van der Waals surface area contributed by atoms with E-state index in [-0.39, 0.29) is 12.2 Å². The standard InChI is InChI=1S/C17H15ClO4S/c1-22-13-6-2-11(3-7-13)15(19)10-16(17(20)21)23-14-8-4-12(18)5-9-14/h2-9,16H,10H2,1H3,(H,20,21). The third-order valence-corrected chi connectivity index (χ3v) is 4.60. The molecule has 0 bridgehead atoms. The molecule has 1 atom stereocenters. The molecule has 1 N–H and O–H groups in total. The SMILES string of the molecule is COc1ccc(C(=O)CC(Sc2ccc(Cl)cc2)C(=O)O)cc1. The summed E-state index contributed by atoms with van der Waals surface area (Å²) >= 11 is 6.94. The highest BCUT2D eigenvalue weighted by atomic mass is 35.5. The molecule has 0 saturated heterocycles. The molecule has 2 rings (SSSR count). The van der Waals surface area contributed by atoms with Crippen LogP contribution in [-0.4, -0.2) is 29.2 Å². The van der Waals surface area contributed by atoms with Crippen LogP contribution in [0.15, 0.2) is 53.4 Å². The Kier molecular flexibility index (Phi) is 6.07. The van der Waals surface area contributed by atoms with Crippen LogP contribution in [0.5, 0.6) is 5.75 Å². The molecule has 23 heavy (non-hydrogen) atoms. The molecule has 4 nitrogen and oxygen atoms in total. The molecule has 0 aliphatic heterocycles. The van der Waals surface area contributed by atoms with E-state index in [0.717, 1.165) is 16.7 Å². The summed E-state index contributed by atoms with van der Waals surface area (Å²) in [5, 5.41) is 9.07. The second-order valence-corrected chi connectivity index (χ2v) is 6.47. The van der Waals surface area contributed by atoms with Crippen LogP contribution in [0.1, 0.15) is 16.8 Å². The first-order valence-electron chi connectivity index (χ1n) is 6.82. The van der Waals surface area contributed by atoms with E-state index in [4.69, 9.17) is 16.3 Å². The number of hydrogen-bond donors (Lipinski definition) is 1. The molecule has 0 aromatic heterocycles. The molecule has 0 heterocycles. The van der Waals surface area contributed by atoms with Crippen molar-refractivity contribution < 1.29 is 19.4 Å². The normalized spacial score (nSPS) is 11.7. The molecule has 0 radical (unpaired) electrons. The zero-order chi connectivity index (χ0) is 16.8. The number of carbonyl (C=O) groups excluding carboxylic acids is 1. The van der Waals surface area contributed by atoms with Crippen LogP contribution < -0.4 is 4.74 Å². The summed E-state index contributed by atoms with van der Waals surface area (Å²) in [4.78, 5) is 24.4. The quantitative estimate of drug-likeness (QED) is 0.600. The Morgan fingerprint density at radius 2 is 1.74 bits per heavy atom. The van der Waals surface area contributed by atoms with E-state index in [1.165, 1.54) is 0 Å². The molecular formula is C17H15ClO4S. The first-order valence-corrected chi connectivity index (χ1v) is 8.07. The predicted molar refractivity (Wildman–Crippen MR) is 90.7 cm³/mol. The lowest BCUT2D eigenvalue weighted by Gasteiger charge is -2.11. The van der Waals surface area contributed by atoms with Gasteiger partial charge in [0.2, 0.25) is 0 Å². The van der Waals surface area contributed by atoms with Crippen molar-refractivity contribution in [1.29, 1.82) is 0 Å². The number of benzene rings is 2. The molecule has 0 amide bonds. The summed E-state index contributed by atoms with van der Waals surface area (Å²) in [6.07, 6.45) is -0.0883. The topological polar surface area (TPSA) is 63.6 Å². The summed E-state index contributed by atoms with van der Waals surface area (Å²) in [6, 6.07) is 13.5. The van der Waals surface area contributed by atoms with E-state index in [0.29, 0.717) is 16.3 Å². The highest BCUT2D eigenvalue weighted by Crippen LogP contribution is 2.28. The van der Waals surface area contributed by atoms with Crippen LogP contribution in [-0.2, 0) is 4.79 Å².